The molecule has 0 aliphatic rings. The van der Waals surface area contributed by atoms with Crippen LogP contribution in [0.25, 0.3) is 0 Å². The minimum absolute atomic E-state index is 0.304. The summed E-state index contributed by atoms with van der Waals surface area (Å²) in [6.07, 6.45) is -3.58. The van der Waals surface area contributed by atoms with Gasteiger partial charge in [-0.3, -0.25) is 9.59 Å². The Bertz CT molecular complexity index is 773. The van der Waals surface area contributed by atoms with Gasteiger partial charge in [0.05, 0.1) is 0 Å². The lowest BCUT2D eigenvalue weighted by Crippen LogP contribution is -2.37. The van der Waals surface area contributed by atoms with Gasteiger partial charge >= 0.3 is 6.18 Å². The summed E-state index contributed by atoms with van der Waals surface area (Å²) >= 11 is 0. The molecule has 0 unspecified atom stereocenters. The molecule has 25 heavy (non-hydrogen) atoms. The van der Waals surface area contributed by atoms with Crippen molar-refractivity contribution >= 4 is 11.6 Å². The number of benzene rings is 1. The molecule has 0 radical (unpaired) electrons. The number of nitrogens with zero attached hydrogens (tertiary/aromatic N) is 2. The Kier molecular flexibility index (Phi) is 5.84. The van der Waals surface area contributed by atoms with E-state index in [4.69, 9.17) is 0 Å². The summed E-state index contributed by atoms with van der Waals surface area (Å²) in [5.41, 5.74) is -1.54. The van der Waals surface area contributed by atoms with Gasteiger partial charge in [-0.2, -0.15) is 13.2 Å². The minimum Gasteiger partial charge on any atom is -0.373 e. The number of para-hydroxylation sites is 1. The Morgan fingerprint density at radius 2 is 1.84 bits per heavy atom. The zero-order valence-corrected chi connectivity index (χ0v) is 13.6. The van der Waals surface area contributed by atoms with Gasteiger partial charge in [0.15, 0.2) is 0 Å². The van der Waals surface area contributed by atoms with Gasteiger partial charge in [0.25, 0.3) is 5.56 Å². The second kappa shape index (κ2) is 7.87. The fourth-order valence-corrected chi connectivity index (χ4v) is 2.26. The highest BCUT2D eigenvalue weighted by atomic mass is 19.4. The predicted molar refractivity (Wildman–Crippen MR) is 88.4 cm³/mol. The Morgan fingerprint density at radius 1 is 1.16 bits per heavy atom. The highest BCUT2D eigenvalue weighted by Crippen LogP contribution is 2.25. The second-order valence-electron chi connectivity index (χ2n) is 5.46. The quantitative estimate of drug-likeness (QED) is 0.866. The van der Waals surface area contributed by atoms with Crippen molar-refractivity contribution in [1.82, 2.24) is 9.88 Å². The first kappa shape index (κ1) is 18.6. The molecular formula is C17H18F3N3O2. The van der Waals surface area contributed by atoms with Crippen LogP contribution in [-0.2, 0) is 17.5 Å². The summed E-state index contributed by atoms with van der Waals surface area (Å²) in [6, 6.07) is 11.3. The van der Waals surface area contributed by atoms with Gasteiger partial charge in [0.1, 0.15) is 12.1 Å². The number of carbonyl (C=O) groups excluding carboxylic acids is 1. The van der Waals surface area contributed by atoms with E-state index < -0.39 is 29.8 Å². The van der Waals surface area contributed by atoms with Crippen LogP contribution in [0.2, 0.25) is 0 Å². The summed E-state index contributed by atoms with van der Waals surface area (Å²) in [4.78, 5) is 25.6. The number of halogens is 3. The molecule has 0 saturated heterocycles. The smallest absolute Gasteiger partial charge is 0.373 e. The number of anilines is 1. The molecule has 1 aromatic carbocycles. The Labute approximate surface area is 142 Å². The average molecular weight is 353 g/mol. The maximum Gasteiger partial charge on any atom is 0.421 e. The van der Waals surface area contributed by atoms with Crippen LogP contribution in [0.1, 0.15) is 5.56 Å². The molecule has 1 amide bonds. The van der Waals surface area contributed by atoms with E-state index in [9.17, 15) is 22.8 Å². The van der Waals surface area contributed by atoms with Crippen LogP contribution < -0.4 is 15.8 Å². The first-order chi connectivity index (χ1) is 11.8. The molecule has 1 N–H and O–H groups in total. The number of aromatic nitrogens is 1. The summed E-state index contributed by atoms with van der Waals surface area (Å²) in [5, 5.41) is 2.60. The third-order valence-electron chi connectivity index (χ3n) is 3.61. The zero-order chi connectivity index (χ0) is 18.4. The van der Waals surface area contributed by atoms with Crippen LogP contribution >= 0.6 is 0 Å². The van der Waals surface area contributed by atoms with Crippen molar-refractivity contribution in [2.75, 3.05) is 25.0 Å². The Morgan fingerprint density at radius 3 is 2.48 bits per heavy atom. The van der Waals surface area contributed by atoms with E-state index in [0.29, 0.717) is 19.2 Å². The van der Waals surface area contributed by atoms with Crippen LogP contribution in [0.3, 0.4) is 0 Å². The molecule has 0 aliphatic heterocycles. The van der Waals surface area contributed by atoms with Crippen LogP contribution in [-0.4, -0.2) is 30.6 Å². The predicted octanol–water partition coefficient (Wildman–Crippen LogP) is 2.12. The van der Waals surface area contributed by atoms with E-state index in [-0.39, 0.29) is 0 Å². The van der Waals surface area contributed by atoms with Crippen molar-refractivity contribution in [1.29, 1.82) is 0 Å². The first-order valence-corrected chi connectivity index (χ1v) is 7.58. The zero-order valence-electron chi connectivity index (χ0n) is 13.6. The van der Waals surface area contributed by atoms with Gasteiger partial charge < -0.3 is 14.8 Å². The summed E-state index contributed by atoms with van der Waals surface area (Å²) < 4.78 is 38.8. The van der Waals surface area contributed by atoms with E-state index in [1.54, 1.807) is 0 Å². The Balaban J connectivity index is 1.90. The van der Waals surface area contributed by atoms with Gasteiger partial charge in [-0.1, -0.05) is 18.2 Å². The first-order valence-electron chi connectivity index (χ1n) is 7.58. The number of carbonyl (C=O) groups is 1. The lowest BCUT2D eigenvalue weighted by Gasteiger charge is -2.19. The van der Waals surface area contributed by atoms with Crippen molar-refractivity contribution in [3.63, 3.8) is 0 Å². The van der Waals surface area contributed by atoms with E-state index in [0.717, 1.165) is 22.5 Å². The maximum absolute atomic E-state index is 12.7. The van der Waals surface area contributed by atoms with Gasteiger partial charge in [0, 0.05) is 32.0 Å². The molecule has 8 heteroatoms. The van der Waals surface area contributed by atoms with E-state index in [2.05, 4.69) is 5.32 Å². The molecular weight excluding hydrogens is 335 g/mol. The van der Waals surface area contributed by atoms with Crippen molar-refractivity contribution in [3.8, 4) is 0 Å². The number of alkyl halides is 3. The van der Waals surface area contributed by atoms with Crippen molar-refractivity contribution in [2.24, 2.45) is 0 Å². The third-order valence-corrected chi connectivity index (χ3v) is 3.61. The number of hydrogen-bond donors (Lipinski definition) is 1. The Hall–Kier alpha value is -2.77. The van der Waals surface area contributed by atoms with Crippen molar-refractivity contribution < 1.29 is 18.0 Å². The van der Waals surface area contributed by atoms with Crippen LogP contribution in [0.15, 0.2) is 53.5 Å². The summed E-state index contributed by atoms with van der Waals surface area (Å²) in [7, 11) is 1.86. The van der Waals surface area contributed by atoms with Gasteiger partial charge in [-0.15, -0.1) is 0 Å². The molecule has 0 saturated carbocycles. The molecule has 1 heterocycles. The minimum atomic E-state index is -4.74. The molecule has 5 nitrogen and oxygen atoms in total. The number of pyridine rings is 1. The second-order valence-corrected chi connectivity index (χ2v) is 5.46. The largest absolute Gasteiger partial charge is 0.421 e. The van der Waals surface area contributed by atoms with Crippen LogP contribution in [0.5, 0.6) is 0 Å². The van der Waals surface area contributed by atoms with Crippen LogP contribution in [0.4, 0.5) is 18.9 Å². The molecule has 1 aromatic heterocycles. The standard InChI is InChI=1S/C17H18F3N3O2/c1-22(13-6-3-2-4-7-13)11-9-21-15(24)12-23-10-5-8-14(16(23)25)17(18,19)20/h2-8,10H,9,11-12H2,1H3,(H,21,24). The highest BCUT2D eigenvalue weighted by molar-refractivity contribution is 5.75. The number of nitrogens with one attached hydrogen (secondary N) is 1. The normalized spacial score (nSPS) is 11.2. The number of rotatable bonds is 6. The van der Waals surface area contributed by atoms with Gasteiger partial charge in [0.2, 0.25) is 5.91 Å². The SMILES string of the molecule is CN(CCNC(=O)Cn1cccc(C(F)(F)F)c1=O)c1ccccc1. The van der Waals surface area contributed by atoms with E-state index in [1.807, 2.05) is 42.3 Å². The topological polar surface area (TPSA) is 54.3 Å². The molecule has 134 valence electrons. The lowest BCUT2D eigenvalue weighted by atomic mass is 10.2. The van der Waals surface area contributed by atoms with Crippen molar-refractivity contribution in [3.05, 3.63) is 64.6 Å². The fraction of sp³-hybridized carbons (Fsp3) is 0.294. The molecule has 2 aromatic rings. The highest BCUT2D eigenvalue weighted by Gasteiger charge is 2.34. The maximum atomic E-state index is 12.7. The summed E-state index contributed by atoms with van der Waals surface area (Å²) in [6.45, 7) is 0.364. The molecule has 2 rings (SSSR count). The van der Waals surface area contributed by atoms with E-state index in [1.165, 1.54) is 0 Å². The fourth-order valence-electron chi connectivity index (χ4n) is 2.26. The average Bonchev–Trinajstić information content (AvgIpc) is 2.56. The third kappa shape index (κ3) is 5.10. The number of likely N-dealkylation sites (N-methyl/N-ethyl adjacent to an activating group) is 1. The lowest BCUT2D eigenvalue weighted by molar-refractivity contribution is -0.139. The number of hydrogen-bond acceptors (Lipinski definition) is 3. The molecule has 0 atom stereocenters. The molecule has 0 bridgehead atoms. The van der Waals surface area contributed by atoms with Gasteiger partial charge in [-0.25, -0.2) is 0 Å². The monoisotopic (exact) mass is 353 g/mol. The van der Waals surface area contributed by atoms with Gasteiger partial charge in [-0.05, 0) is 24.3 Å². The molecule has 0 spiro atoms. The number of amides is 1. The summed E-state index contributed by atoms with van der Waals surface area (Å²) in [5.74, 6) is -0.525. The van der Waals surface area contributed by atoms with E-state index >= 15 is 0 Å². The van der Waals surface area contributed by atoms with Crippen LogP contribution in [0, 0.1) is 0 Å². The molecule has 0 aliphatic carbocycles. The van der Waals surface area contributed by atoms with Crippen molar-refractivity contribution in [2.45, 2.75) is 12.7 Å². The molecule has 0 fully saturated rings.